The number of pyridine rings is 3. The maximum Gasteiger partial charge on any atom is -0.0134 e. The number of rotatable bonds is 8. The van der Waals surface area contributed by atoms with Crippen molar-refractivity contribution in [3.63, 3.8) is 0 Å². The van der Waals surface area contributed by atoms with Crippen LogP contribution in [0.4, 0.5) is 5.82 Å². The molecule has 10 aromatic rings. The van der Waals surface area contributed by atoms with Gasteiger partial charge in [0.15, 0.2) is 5.82 Å². The molecule has 10 rings (SSSR count). The fourth-order valence-electron chi connectivity index (χ4n) is 6.79. The summed E-state index contributed by atoms with van der Waals surface area (Å²) in [7, 11) is 11.9. The molecule has 0 bridgehead atoms. The van der Waals surface area contributed by atoms with Crippen molar-refractivity contribution in [2.24, 2.45) is 0 Å². The second-order valence-electron chi connectivity index (χ2n) is 15.6. The summed E-state index contributed by atoms with van der Waals surface area (Å²) in [4.78, 5) is 11.6. The van der Waals surface area contributed by atoms with Gasteiger partial charge in [0.1, 0.15) is 35.7 Å². The van der Waals surface area contributed by atoms with E-state index in [1.807, 2.05) is 12.1 Å². The zero-order valence-electron chi connectivity index (χ0n) is 42.8. The van der Waals surface area contributed by atoms with Crippen molar-refractivity contribution in [2.75, 3.05) is 33.2 Å². The summed E-state index contributed by atoms with van der Waals surface area (Å²) in [6.07, 6.45) is 4.74. The van der Waals surface area contributed by atoms with Crippen molar-refractivity contribution in [2.45, 2.75) is 0 Å². The van der Waals surface area contributed by atoms with Gasteiger partial charge in [0, 0.05) is 47.5 Å². The number of benzene rings is 6. The first-order valence-electron chi connectivity index (χ1n) is 23.6. The van der Waals surface area contributed by atoms with Gasteiger partial charge < -0.3 is 19.7 Å². The Labute approximate surface area is 509 Å². The SMILES string of the molecule is COCC#Cc1cnc(Cl)c(C#N)c1.COCC#Cc1cnc2onc(N)c2c1.N#Cc1cc(I)cnc1Cl.[Cl][Pd][Cl].c1ccc(P(c2ccccc2)c2ccccc2)cc1.c1ccc(P(c2ccccc2)c2ccccc2)cc1. The number of aromatic nitrogens is 4. The normalized spacial score (nSPS) is 9.79. The van der Waals surface area contributed by atoms with Crippen molar-refractivity contribution >= 4 is 129 Å². The van der Waals surface area contributed by atoms with Crippen LogP contribution in [0.1, 0.15) is 22.3 Å². The van der Waals surface area contributed by atoms with Gasteiger partial charge in [-0.2, -0.15) is 10.5 Å². The fraction of sp³-hybridized carbons (Fsp3) is 0.0645. The van der Waals surface area contributed by atoms with Gasteiger partial charge in [-0.15, -0.1) is 0 Å². The number of hydrogen-bond acceptors (Lipinski definition) is 10. The Morgan fingerprint density at radius 3 is 1.19 bits per heavy atom. The standard InChI is InChI=1S/2C18H15P.C10H7ClN2O.C10H9N3O2.C6H2ClIN2.2ClH.Pd/c2*1-4-10-16(11-5-1)19(17-12-6-2-7-13-17)18-14-8-3-9-15-18;1-14-4-2-3-8-5-9(6-12)10(11)13-7-8;1-14-4-2-3-7-5-8-9(11)13-15-10(8)12-6-7;7-6-4(2-9)1-5(8)3-10-6;;;/h2*1-15H;5,7H,4H2,1H3;5-6H,4H2,1H3,(H2,11,13);1,3H;2*1H;/q;;;;;;;+2/p-2. The summed E-state index contributed by atoms with van der Waals surface area (Å²) in [5.74, 6) is 11.6. The average Bonchev–Trinajstić information content (AvgIpc) is 3.88. The van der Waals surface area contributed by atoms with Crippen LogP contribution >= 0.6 is 80.7 Å². The van der Waals surface area contributed by atoms with Crippen molar-refractivity contribution in [1.82, 2.24) is 20.1 Å². The first kappa shape index (κ1) is 64.3. The summed E-state index contributed by atoms with van der Waals surface area (Å²) < 4.78 is 15.4. The monoisotopic (exact) mass is 1370 g/mol. The van der Waals surface area contributed by atoms with Crippen LogP contribution in [0, 0.1) is 49.9 Å². The summed E-state index contributed by atoms with van der Waals surface area (Å²) in [5.41, 5.74) is 8.17. The molecule has 0 saturated heterocycles. The maximum absolute atomic E-state index is 8.67. The van der Waals surface area contributed by atoms with Crippen LogP contribution in [0.3, 0.4) is 0 Å². The minimum atomic E-state index is -0.446. The van der Waals surface area contributed by atoms with Crippen molar-refractivity contribution in [1.29, 1.82) is 10.5 Å². The summed E-state index contributed by atoms with van der Waals surface area (Å²) >= 11 is 13.2. The number of nitriles is 2. The van der Waals surface area contributed by atoms with Crippen LogP contribution in [0.2, 0.25) is 10.3 Å². The number of anilines is 1. The van der Waals surface area contributed by atoms with E-state index in [9.17, 15) is 0 Å². The number of nitrogen functional groups attached to an aromatic ring is 1. The minimum absolute atomic E-state index is 0.106. The topological polar surface area (TPSA) is 157 Å². The Kier molecular flexibility index (Phi) is 30.1. The first-order chi connectivity index (χ1) is 39.1. The molecule has 0 atom stereocenters. The zero-order chi connectivity index (χ0) is 57.2. The van der Waals surface area contributed by atoms with Gasteiger partial charge in [-0.3, -0.25) is 0 Å². The molecule has 0 fully saturated rings. The average molecular weight is 1380 g/mol. The molecule has 0 amide bonds. The third-order valence-corrected chi connectivity index (χ3v) is 16.3. The van der Waals surface area contributed by atoms with E-state index in [4.69, 9.17) is 72.5 Å². The number of ether oxygens (including phenoxy) is 2. The molecule has 0 aliphatic heterocycles. The van der Waals surface area contributed by atoms with Crippen LogP contribution in [0.25, 0.3) is 11.1 Å². The molecule has 4 aromatic heterocycles. The Hall–Kier alpha value is -6.53. The fourth-order valence-corrected chi connectivity index (χ4v) is 12.1. The number of methoxy groups -OCH3 is 2. The van der Waals surface area contributed by atoms with E-state index in [1.54, 1.807) is 44.8 Å². The maximum atomic E-state index is 8.67. The molecule has 0 radical (unpaired) electrons. The second-order valence-corrected chi connectivity index (χ2v) is 24.4. The molecule has 0 aliphatic carbocycles. The molecular formula is C62H48Cl4IN7O3P2Pd. The van der Waals surface area contributed by atoms with Gasteiger partial charge in [0.25, 0.3) is 5.71 Å². The summed E-state index contributed by atoms with van der Waals surface area (Å²) in [6, 6.07) is 73.6. The van der Waals surface area contributed by atoms with E-state index in [0.717, 1.165) is 9.13 Å². The number of nitrogens with zero attached hydrogens (tertiary/aromatic N) is 6. The van der Waals surface area contributed by atoms with Gasteiger partial charge in [-0.05, 0) is 88.5 Å². The molecule has 18 heteroatoms. The van der Waals surface area contributed by atoms with E-state index in [1.165, 1.54) is 38.0 Å². The number of fused-ring (bicyclic) bond motifs is 1. The quantitative estimate of drug-likeness (QED) is 0.0511. The Morgan fingerprint density at radius 2 is 0.850 bits per heavy atom. The first-order valence-corrected chi connectivity index (χ1v) is 32.1. The largest absolute Gasteiger partial charge is 0.0622 e. The van der Waals surface area contributed by atoms with E-state index >= 15 is 0 Å². The predicted molar refractivity (Wildman–Crippen MR) is 336 cm³/mol. The van der Waals surface area contributed by atoms with Crippen LogP contribution in [0.5, 0.6) is 0 Å². The zero-order valence-corrected chi connectivity index (χ0v) is 51.3. The summed E-state index contributed by atoms with van der Waals surface area (Å²) in [6.45, 7) is 0.738. The predicted octanol–water partition coefficient (Wildman–Crippen LogP) is 12.9. The summed E-state index contributed by atoms with van der Waals surface area (Å²) in [5, 5.41) is 30.3. The van der Waals surface area contributed by atoms with Crippen LogP contribution < -0.4 is 37.6 Å². The Bertz CT molecular complexity index is 3340. The van der Waals surface area contributed by atoms with E-state index in [2.05, 4.69) is 248 Å². The second kappa shape index (κ2) is 37.4. The molecule has 0 unspecified atom stereocenters. The molecule has 0 aliphatic rings. The van der Waals surface area contributed by atoms with E-state index in [-0.39, 0.29) is 26.2 Å². The third-order valence-electron chi connectivity index (χ3n) is 10.2. The Morgan fingerprint density at radius 1 is 0.525 bits per heavy atom. The van der Waals surface area contributed by atoms with E-state index < -0.39 is 15.8 Å². The number of nitrogens with two attached hydrogens (primary N) is 1. The molecule has 2 N–H and O–H groups in total. The minimum Gasteiger partial charge on any atom is -0.0622 e. The third kappa shape index (κ3) is 21.8. The molecule has 4 heterocycles. The van der Waals surface area contributed by atoms with Crippen molar-refractivity contribution < 1.29 is 29.9 Å². The number of hydrogen-bond donors (Lipinski definition) is 1. The van der Waals surface area contributed by atoms with Gasteiger partial charge in [-0.25, -0.2) is 15.0 Å². The van der Waals surface area contributed by atoms with Crippen molar-refractivity contribution in [3.8, 4) is 35.8 Å². The van der Waals surface area contributed by atoms with Gasteiger partial charge >= 0.3 is 35.0 Å². The van der Waals surface area contributed by atoms with Crippen molar-refractivity contribution in [3.05, 3.63) is 255 Å². The van der Waals surface area contributed by atoms with Gasteiger partial charge in [-0.1, -0.05) is 234 Å². The smallest absolute Gasteiger partial charge is 0.0134 e. The molecule has 10 nitrogen and oxygen atoms in total. The molecule has 80 heavy (non-hydrogen) atoms. The molecule has 0 saturated carbocycles. The molecule has 0 spiro atoms. The Balaban J connectivity index is 0.000000184. The van der Waals surface area contributed by atoms with Gasteiger partial charge in [0.05, 0.1) is 16.5 Å². The molecular weight excluding hydrogens is 1330 g/mol. The van der Waals surface area contributed by atoms with Crippen LogP contribution in [-0.4, -0.2) is 47.5 Å². The molecule has 404 valence electrons. The number of halogens is 5. The van der Waals surface area contributed by atoms with Crippen LogP contribution in [-0.2, 0) is 25.4 Å². The molecule has 6 aromatic carbocycles. The van der Waals surface area contributed by atoms with E-state index in [0.29, 0.717) is 46.8 Å². The van der Waals surface area contributed by atoms with Crippen LogP contribution in [0.15, 0.2) is 223 Å². The van der Waals surface area contributed by atoms with Gasteiger partial charge in [0.2, 0.25) is 0 Å².